The molecule has 0 heterocycles. The number of hydrogen-bond donors (Lipinski definition) is 0. The van der Waals surface area contributed by atoms with E-state index in [4.69, 9.17) is 7.85 Å². The van der Waals surface area contributed by atoms with Gasteiger partial charge in [0.2, 0.25) is 0 Å². The molecule has 0 saturated heterocycles. The molecule has 0 spiro atoms. The molecule has 2 aromatic carbocycles. The predicted molar refractivity (Wildman–Crippen MR) is 81.4 cm³/mol. The minimum absolute atomic E-state index is 0.613. The van der Waals surface area contributed by atoms with E-state index in [0.29, 0.717) is 6.44 Å². The summed E-state index contributed by atoms with van der Waals surface area (Å²) in [7, 11) is 5.80. The van der Waals surface area contributed by atoms with Crippen molar-refractivity contribution in [2.45, 2.75) is 19.9 Å². The zero-order valence-corrected chi connectivity index (χ0v) is 11.4. The van der Waals surface area contributed by atoms with Crippen LogP contribution in [0.2, 0.25) is 0 Å². The van der Waals surface area contributed by atoms with Crippen LogP contribution in [0.15, 0.2) is 42.5 Å². The first-order valence-corrected chi connectivity index (χ1v) is 6.95. The number of hydrogen-bond acceptors (Lipinski definition) is 1. The van der Waals surface area contributed by atoms with Gasteiger partial charge in [-0.1, -0.05) is 49.4 Å². The predicted octanol–water partition coefficient (Wildman–Crippen LogP) is 3.21. The SMILES string of the molecule is [B]CN(CC)Cc1cccc2c1-c1ccccc1C2. The average molecular weight is 247 g/mol. The molecule has 0 aliphatic heterocycles. The molecule has 94 valence electrons. The molecular formula is C17H18BN. The van der Waals surface area contributed by atoms with Gasteiger partial charge < -0.3 is 4.90 Å². The van der Waals surface area contributed by atoms with Gasteiger partial charge in [0.05, 0.1) is 7.85 Å². The van der Waals surface area contributed by atoms with E-state index >= 15 is 0 Å². The van der Waals surface area contributed by atoms with E-state index in [9.17, 15) is 0 Å². The highest BCUT2D eigenvalue weighted by atomic mass is 15.1. The third kappa shape index (κ3) is 2.21. The van der Waals surface area contributed by atoms with Gasteiger partial charge in [-0.3, -0.25) is 0 Å². The lowest BCUT2D eigenvalue weighted by Gasteiger charge is -2.20. The molecule has 2 aromatic rings. The Bertz CT molecular complexity index is 588. The Balaban J connectivity index is 2.04. The van der Waals surface area contributed by atoms with Crippen molar-refractivity contribution in [2.24, 2.45) is 0 Å². The van der Waals surface area contributed by atoms with Crippen LogP contribution in [-0.2, 0) is 13.0 Å². The van der Waals surface area contributed by atoms with E-state index < -0.39 is 0 Å². The molecule has 0 N–H and O–H groups in total. The molecule has 0 aromatic heterocycles. The summed E-state index contributed by atoms with van der Waals surface area (Å²) < 4.78 is 0. The van der Waals surface area contributed by atoms with Crippen LogP contribution in [0, 0.1) is 0 Å². The molecule has 0 bridgehead atoms. The van der Waals surface area contributed by atoms with Crippen molar-refractivity contribution in [1.29, 1.82) is 0 Å². The fraction of sp³-hybridized carbons (Fsp3) is 0.294. The Labute approximate surface area is 116 Å². The van der Waals surface area contributed by atoms with Gasteiger partial charge in [0.15, 0.2) is 0 Å². The highest BCUT2D eigenvalue weighted by Crippen LogP contribution is 2.39. The summed E-state index contributed by atoms with van der Waals surface area (Å²) in [5.41, 5.74) is 7.13. The van der Waals surface area contributed by atoms with Crippen molar-refractivity contribution in [1.82, 2.24) is 4.90 Å². The van der Waals surface area contributed by atoms with Gasteiger partial charge in [-0.25, -0.2) is 0 Å². The first-order chi connectivity index (χ1) is 9.33. The largest absolute Gasteiger partial charge is 0.308 e. The lowest BCUT2D eigenvalue weighted by molar-refractivity contribution is 0.328. The second-order valence-corrected chi connectivity index (χ2v) is 5.11. The number of fused-ring (bicyclic) bond motifs is 3. The number of rotatable bonds is 4. The average Bonchev–Trinajstić information content (AvgIpc) is 2.84. The van der Waals surface area contributed by atoms with Crippen LogP contribution >= 0.6 is 0 Å². The minimum atomic E-state index is 0.613. The molecule has 1 aliphatic carbocycles. The fourth-order valence-corrected chi connectivity index (χ4v) is 2.95. The summed E-state index contributed by atoms with van der Waals surface area (Å²) in [6.07, 6.45) is 1.68. The van der Waals surface area contributed by atoms with Crippen molar-refractivity contribution in [3.05, 3.63) is 59.2 Å². The van der Waals surface area contributed by atoms with Crippen molar-refractivity contribution >= 4 is 7.85 Å². The van der Waals surface area contributed by atoms with Gasteiger partial charge in [0.25, 0.3) is 0 Å². The Morgan fingerprint density at radius 2 is 1.84 bits per heavy atom. The van der Waals surface area contributed by atoms with E-state index in [0.717, 1.165) is 19.5 Å². The van der Waals surface area contributed by atoms with Crippen LogP contribution in [-0.4, -0.2) is 25.7 Å². The van der Waals surface area contributed by atoms with Crippen LogP contribution < -0.4 is 0 Å². The third-order valence-corrected chi connectivity index (χ3v) is 4.00. The molecule has 0 amide bonds. The maximum atomic E-state index is 5.80. The van der Waals surface area contributed by atoms with Gasteiger partial charge in [-0.2, -0.15) is 0 Å². The van der Waals surface area contributed by atoms with E-state index in [2.05, 4.69) is 54.3 Å². The van der Waals surface area contributed by atoms with Crippen LogP contribution in [0.1, 0.15) is 23.6 Å². The van der Waals surface area contributed by atoms with Gasteiger partial charge in [0, 0.05) is 6.54 Å². The Morgan fingerprint density at radius 1 is 1.05 bits per heavy atom. The summed E-state index contributed by atoms with van der Waals surface area (Å²) in [6.45, 7) is 4.08. The van der Waals surface area contributed by atoms with Crippen molar-refractivity contribution in [3.63, 3.8) is 0 Å². The number of benzene rings is 2. The Hall–Kier alpha value is -1.54. The second-order valence-electron chi connectivity index (χ2n) is 5.11. The molecular weight excluding hydrogens is 229 g/mol. The van der Waals surface area contributed by atoms with E-state index in [-0.39, 0.29) is 0 Å². The Morgan fingerprint density at radius 3 is 2.63 bits per heavy atom. The Kier molecular flexibility index (Phi) is 3.43. The first kappa shape index (κ1) is 12.5. The van der Waals surface area contributed by atoms with Crippen molar-refractivity contribution < 1.29 is 0 Å². The van der Waals surface area contributed by atoms with Gasteiger partial charge in [-0.15, -0.1) is 0 Å². The maximum absolute atomic E-state index is 5.80. The molecule has 3 rings (SSSR count). The molecule has 0 atom stereocenters. The van der Waals surface area contributed by atoms with E-state index in [1.54, 1.807) is 0 Å². The zero-order chi connectivity index (χ0) is 13.2. The summed E-state index contributed by atoms with van der Waals surface area (Å²) in [5.74, 6) is 0. The van der Waals surface area contributed by atoms with Gasteiger partial charge in [-0.05, 0) is 47.2 Å². The molecule has 1 aliphatic rings. The molecule has 1 nitrogen and oxygen atoms in total. The third-order valence-electron chi connectivity index (χ3n) is 4.00. The van der Waals surface area contributed by atoms with Crippen LogP contribution in [0.5, 0.6) is 0 Å². The molecule has 19 heavy (non-hydrogen) atoms. The van der Waals surface area contributed by atoms with Crippen LogP contribution in [0.25, 0.3) is 11.1 Å². The minimum Gasteiger partial charge on any atom is -0.308 e. The summed E-state index contributed by atoms with van der Waals surface area (Å²) >= 11 is 0. The van der Waals surface area contributed by atoms with E-state index in [1.807, 2.05) is 0 Å². The maximum Gasteiger partial charge on any atom is 0.0863 e. The lowest BCUT2D eigenvalue weighted by atomic mass is 9.98. The molecule has 0 saturated carbocycles. The lowest BCUT2D eigenvalue weighted by Crippen LogP contribution is -2.24. The highest BCUT2D eigenvalue weighted by Gasteiger charge is 2.20. The van der Waals surface area contributed by atoms with Crippen molar-refractivity contribution in [3.8, 4) is 11.1 Å². The summed E-state index contributed by atoms with van der Waals surface area (Å²) in [4.78, 5) is 2.26. The quantitative estimate of drug-likeness (QED) is 0.640. The van der Waals surface area contributed by atoms with Crippen molar-refractivity contribution in [2.75, 3.05) is 13.0 Å². The fourth-order valence-electron chi connectivity index (χ4n) is 2.95. The van der Waals surface area contributed by atoms with Gasteiger partial charge >= 0.3 is 0 Å². The van der Waals surface area contributed by atoms with E-state index in [1.165, 1.54) is 27.8 Å². The second kappa shape index (κ2) is 5.22. The normalized spacial score (nSPS) is 12.5. The topological polar surface area (TPSA) is 3.24 Å². The molecule has 2 heteroatoms. The molecule has 0 fully saturated rings. The zero-order valence-electron chi connectivity index (χ0n) is 11.4. The highest BCUT2D eigenvalue weighted by molar-refractivity contribution is 6.08. The van der Waals surface area contributed by atoms with Crippen LogP contribution in [0.3, 0.4) is 0 Å². The smallest absolute Gasteiger partial charge is 0.0863 e. The summed E-state index contributed by atoms with van der Waals surface area (Å²) in [6, 6.07) is 15.4. The van der Waals surface area contributed by atoms with Gasteiger partial charge in [0.1, 0.15) is 0 Å². The molecule has 2 radical (unpaired) electrons. The monoisotopic (exact) mass is 247 g/mol. The number of nitrogens with zero attached hydrogens (tertiary/aromatic N) is 1. The molecule has 0 unspecified atom stereocenters. The standard InChI is InChI=1S/C17H18BN/c1-2-19(12-18)11-15-8-5-7-14-10-13-6-3-4-9-16(13)17(14)15/h3-9H,2,10-12H2,1H3. The van der Waals surface area contributed by atoms with Crippen LogP contribution in [0.4, 0.5) is 0 Å². The summed E-state index contributed by atoms with van der Waals surface area (Å²) in [5, 5.41) is 0. The first-order valence-electron chi connectivity index (χ1n) is 6.95.